The van der Waals surface area contributed by atoms with Crippen molar-refractivity contribution in [3.8, 4) is 23.0 Å². The van der Waals surface area contributed by atoms with Crippen LogP contribution in [0.25, 0.3) is 0 Å². The van der Waals surface area contributed by atoms with Gasteiger partial charge in [0.25, 0.3) is 0 Å². The van der Waals surface area contributed by atoms with Crippen LogP contribution in [0.2, 0.25) is 0 Å². The molecule has 0 heterocycles. The van der Waals surface area contributed by atoms with Crippen molar-refractivity contribution in [1.29, 1.82) is 0 Å². The van der Waals surface area contributed by atoms with E-state index >= 15 is 0 Å². The molecule has 348 valence electrons. The van der Waals surface area contributed by atoms with Gasteiger partial charge in [0.1, 0.15) is 36.2 Å². The van der Waals surface area contributed by atoms with E-state index in [1.807, 2.05) is 12.1 Å². The molecule has 0 fully saturated rings. The van der Waals surface area contributed by atoms with Gasteiger partial charge < -0.3 is 19.7 Å². The lowest BCUT2D eigenvalue weighted by Gasteiger charge is -2.27. The Morgan fingerprint density at radius 2 is 0.636 bits per heavy atom. The van der Waals surface area contributed by atoms with Crippen LogP contribution in [0.1, 0.15) is 174 Å². The third-order valence-corrected chi connectivity index (χ3v) is 13.5. The Morgan fingerprint density at radius 3 is 0.955 bits per heavy atom. The summed E-state index contributed by atoms with van der Waals surface area (Å²) < 4.78 is 13.9. The molecule has 0 aliphatic heterocycles. The van der Waals surface area contributed by atoms with E-state index in [4.69, 9.17) is 9.47 Å². The second-order valence-corrected chi connectivity index (χ2v) is 23.1. The summed E-state index contributed by atoms with van der Waals surface area (Å²) in [5, 5.41) is 24.8. The lowest BCUT2D eigenvalue weighted by Crippen LogP contribution is -2.15. The van der Waals surface area contributed by atoms with Crippen LogP contribution in [0.15, 0.2) is 109 Å². The molecule has 66 heavy (non-hydrogen) atoms. The number of phenols is 2. The Morgan fingerprint density at radius 1 is 0.364 bits per heavy atom. The van der Waals surface area contributed by atoms with Gasteiger partial charge in [-0.25, -0.2) is 0 Å². The maximum atomic E-state index is 12.4. The van der Waals surface area contributed by atoms with Gasteiger partial charge in [0.05, 0.1) is 0 Å². The number of benzene rings is 6. The van der Waals surface area contributed by atoms with Gasteiger partial charge in [-0.2, -0.15) is 0 Å². The Bertz CT molecular complexity index is 2440. The summed E-state index contributed by atoms with van der Waals surface area (Å²) in [6, 6.07) is 39.0. The highest BCUT2D eigenvalue weighted by Crippen LogP contribution is 2.42. The summed E-state index contributed by atoms with van der Waals surface area (Å²) in [7, 11) is 0. The van der Waals surface area contributed by atoms with Crippen molar-refractivity contribution in [2.45, 2.75) is 169 Å². The highest BCUT2D eigenvalue weighted by molar-refractivity contribution is 5.55. The normalized spacial score (nSPS) is 14.1. The molecule has 4 nitrogen and oxygen atoms in total. The van der Waals surface area contributed by atoms with Gasteiger partial charge in [-0.15, -0.1) is 0 Å². The van der Waals surface area contributed by atoms with E-state index in [1.165, 1.54) is 22.3 Å². The van der Waals surface area contributed by atoms with Crippen LogP contribution < -0.4 is 9.47 Å². The Kier molecular flexibility index (Phi) is 14.2. The van der Waals surface area contributed by atoms with Crippen LogP contribution in [0, 0.1) is 0 Å². The minimum Gasteiger partial charge on any atom is -0.507 e. The molecule has 0 radical (unpaired) electrons. The van der Waals surface area contributed by atoms with Crippen molar-refractivity contribution in [2.24, 2.45) is 0 Å². The van der Waals surface area contributed by atoms with Crippen LogP contribution in [0.5, 0.6) is 23.0 Å². The van der Waals surface area contributed by atoms with Crippen LogP contribution >= 0.6 is 0 Å². The number of ether oxygens (including phenoxy) is 2. The first-order chi connectivity index (χ1) is 31.0. The van der Waals surface area contributed by atoms with Crippen molar-refractivity contribution < 1.29 is 19.7 Å². The summed E-state index contributed by atoms with van der Waals surface area (Å²) in [5.41, 5.74) is 14.9. The molecule has 4 heteroatoms. The molecular formula is C62H76O4. The fourth-order valence-electron chi connectivity index (χ4n) is 9.22. The maximum absolute atomic E-state index is 12.4. The van der Waals surface area contributed by atoms with Gasteiger partial charge in [0.2, 0.25) is 0 Å². The minimum atomic E-state index is -0.126. The Balaban J connectivity index is 1.43. The van der Waals surface area contributed by atoms with E-state index in [0.29, 0.717) is 50.4 Å². The molecule has 8 bridgehead atoms. The average molecular weight is 885 g/mol. The lowest BCUT2D eigenvalue weighted by atomic mass is 9.80. The molecule has 6 aromatic carbocycles. The fourth-order valence-corrected chi connectivity index (χ4v) is 9.22. The molecule has 7 rings (SSSR count). The largest absolute Gasteiger partial charge is 0.507 e. The van der Waals surface area contributed by atoms with Crippen molar-refractivity contribution in [2.75, 3.05) is 0 Å². The second kappa shape index (κ2) is 19.4. The third kappa shape index (κ3) is 11.7. The van der Waals surface area contributed by atoms with E-state index < -0.39 is 0 Å². The minimum absolute atomic E-state index is 0.115. The Labute approximate surface area is 397 Å². The van der Waals surface area contributed by atoms with Crippen LogP contribution in [-0.4, -0.2) is 10.2 Å². The number of hydrogen-bond acceptors (Lipinski definition) is 4. The molecular weight excluding hydrogens is 809 g/mol. The molecule has 0 atom stereocenters. The lowest BCUT2D eigenvalue weighted by molar-refractivity contribution is 0.299. The molecule has 0 saturated heterocycles. The maximum Gasteiger partial charge on any atom is 0.126 e. The van der Waals surface area contributed by atoms with E-state index in [-0.39, 0.29) is 21.7 Å². The quantitative estimate of drug-likeness (QED) is 0.175. The zero-order valence-electron chi connectivity index (χ0n) is 42.2. The first-order valence-corrected chi connectivity index (χ1v) is 24.4. The number of rotatable bonds is 6. The average Bonchev–Trinajstić information content (AvgIpc) is 3.24. The monoisotopic (exact) mass is 885 g/mol. The van der Waals surface area contributed by atoms with Crippen LogP contribution in [0.4, 0.5) is 0 Å². The summed E-state index contributed by atoms with van der Waals surface area (Å²) in [5.74, 6) is 2.55. The van der Waals surface area contributed by atoms with Crippen molar-refractivity contribution >= 4 is 0 Å². The van der Waals surface area contributed by atoms with Crippen LogP contribution in [0.3, 0.4) is 0 Å². The van der Waals surface area contributed by atoms with Gasteiger partial charge >= 0.3 is 0 Å². The number of aryl methyl sites for hydroxylation is 4. The van der Waals surface area contributed by atoms with Gasteiger partial charge in [-0.1, -0.05) is 192 Å². The molecule has 1 aliphatic rings. The van der Waals surface area contributed by atoms with E-state index in [2.05, 4.69) is 180 Å². The van der Waals surface area contributed by atoms with Crippen molar-refractivity contribution in [3.05, 3.63) is 187 Å². The first-order valence-electron chi connectivity index (χ1n) is 24.4. The zero-order chi connectivity index (χ0) is 47.6. The molecule has 0 saturated carbocycles. The summed E-state index contributed by atoms with van der Waals surface area (Å²) in [6.07, 6.45) is 5.66. The van der Waals surface area contributed by atoms with Gasteiger partial charge in [0.15, 0.2) is 0 Å². The van der Waals surface area contributed by atoms with E-state index in [1.54, 1.807) is 0 Å². The summed E-state index contributed by atoms with van der Waals surface area (Å²) in [6.45, 7) is 28.1. The highest BCUT2D eigenvalue weighted by Gasteiger charge is 2.27. The smallest absolute Gasteiger partial charge is 0.126 e. The Hall–Kier alpha value is -5.48. The third-order valence-electron chi connectivity index (χ3n) is 13.5. The predicted molar refractivity (Wildman–Crippen MR) is 275 cm³/mol. The molecule has 6 aromatic rings. The highest BCUT2D eigenvalue weighted by atomic mass is 16.5. The molecule has 0 aromatic heterocycles. The number of phenolic OH excluding ortho intramolecular Hbond substituents is 2. The van der Waals surface area contributed by atoms with Crippen molar-refractivity contribution in [1.82, 2.24) is 0 Å². The topological polar surface area (TPSA) is 58.9 Å². The second-order valence-electron chi connectivity index (χ2n) is 23.1. The van der Waals surface area contributed by atoms with Gasteiger partial charge in [-0.3, -0.25) is 0 Å². The summed E-state index contributed by atoms with van der Waals surface area (Å²) in [4.78, 5) is 0. The molecule has 0 amide bonds. The molecule has 1 aliphatic carbocycles. The molecule has 0 unspecified atom stereocenters. The standard InChI is InChI=1S/C62H76O4/c1-59(2,3)51-31-43-25-19-27-45-33-54(62(10,11)12)38-50(58(45)66-40-42-23-17-14-18-24-42)30-48-36-52(60(4,5)6)32-44(56(48)64)26-20-28-46-34-53(61(7,8)9)37-49(29-47(35-51)55(43)63)57(46)65-39-41-21-15-13-16-22-41/h13-18,21-24,31-38,63-64H,19-20,25-30,39-40H2,1-12H3. The number of fused-ring (bicyclic) bond motifs is 8. The zero-order valence-corrected chi connectivity index (χ0v) is 42.2. The predicted octanol–water partition coefficient (Wildman–Crippen LogP) is 15.3. The SMILES string of the molecule is CC(C)(C)c1cc2c(O)c(c1)Cc1cc(C(C)(C)C)cc(c1OCc1ccccc1)CCCc1cc(C(C)(C)C)cc(c1O)Cc1cc(C(C)(C)C)cc(c1OCc1ccccc1)CCC2. The molecule has 2 N–H and O–H groups in total. The number of aromatic hydroxyl groups is 2. The van der Waals surface area contributed by atoms with Gasteiger partial charge in [-0.05, 0) is 138 Å². The van der Waals surface area contributed by atoms with Crippen molar-refractivity contribution in [3.63, 3.8) is 0 Å². The van der Waals surface area contributed by atoms with E-state index in [9.17, 15) is 10.2 Å². The fraction of sp³-hybridized carbons (Fsp3) is 0.419. The molecule has 0 spiro atoms. The van der Waals surface area contributed by atoms with Crippen LogP contribution in [-0.2, 0) is 73.4 Å². The van der Waals surface area contributed by atoms with E-state index in [0.717, 1.165) is 92.8 Å². The van der Waals surface area contributed by atoms with Gasteiger partial charge in [0, 0.05) is 12.8 Å². The number of hydrogen-bond donors (Lipinski definition) is 2. The first kappa shape index (κ1) is 48.5. The summed E-state index contributed by atoms with van der Waals surface area (Å²) >= 11 is 0.